The summed E-state index contributed by atoms with van der Waals surface area (Å²) < 4.78 is 0. The van der Waals surface area contributed by atoms with Crippen LogP contribution in [0.3, 0.4) is 0 Å². The van der Waals surface area contributed by atoms with Gasteiger partial charge in [0.25, 0.3) is 0 Å². The molecule has 0 unspecified atom stereocenters. The van der Waals surface area contributed by atoms with Crippen LogP contribution < -0.4 is 0 Å². The van der Waals surface area contributed by atoms with E-state index in [0.29, 0.717) is 29.6 Å². The Morgan fingerprint density at radius 2 is 1.83 bits per heavy atom. The molecule has 4 rings (SSSR count). The molecule has 160 valence electrons. The van der Waals surface area contributed by atoms with Gasteiger partial charge >= 0.3 is 0 Å². The van der Waals surface area contributed by atoms with E-state index in [1.54, 1.807) is 0 Å². The smallest absolute Gasteiger partial charge is 0.0770 e. The van der Waals surface area contributed by atoms with Crippen LogP contribution in [0.5, 0.6) is 0 Å². The van der Waals surface area contributed by atoms with Crippen LogP contribution >= 0.6 is 0 Å². The van der Waals surface area contributed by atoms with Crippen LogP contribution in [0.1, 0.15) is 80.1 Å². The average Bonchev–Trinajstić information content (AvgIpc) is 3.01. The van der Waals surface area contributed by atoms with Gasteiger partial charge in [-0.1, -0.05) is 71.9 Å². The van der Waals surface area contributed by atoms with Crippen molar-refractivity contribution in [3.8, 4) is 0 Å². The maximum Gasteiger partial charge on any atom is 0.0770 e. The molecule has 1 heteroatoms. The largest absolute Gasteiger partial charge is 0.389 e. The first-order chi connectivity index (χ1) is 13.7. The van der Waals surface area contributed by atoms with Gasteiger partial charge in [0.15, 0.2) is 0 Å². The average molecular weight is 395 g/mol. The summed E-state index contributed by atoms with van der Waals surface area (Å²) in [6.45, 7) is 14.2. The number of hydrogen-bond acceptors (Lipinski definition) is 1. The quantitative estimate of drug-likeness (QED) is 0.498. The highest BCUT2D eigenvalue weighted by atomic mass is 16.3. The molecule has 1 fully saturated rings. The van der Waals surface area contributed by atoms with Crippen LogP contribution in [0.2, 0.25) is 0 Å². The Kier molecular flexibility index (Phi) is 5.52. The van der Waals surface area contributed by atoms with Gasteiger partial charge in [-0.15, -0.1) is 0 Å². The molecule has 0 heterocycles. The van der Waals surface area contributed by atoms with E-state index < -0.39 is 0 Å². The zero-order valence-electron chi connectivity index (χ0n) is 19.5. The van der Waals surface area contributed by atoms with E-state index in [4.69, 9.17) is 0 Å². The Labute approximate surface area is 179 Å². The van der Waals surface area contributed by atoms with E-state index in [9.17, 15) is 5.11 Å². The lowest BCUT2D eigenvalue weighted by atomic mass is 9.53. The molecule has 0 radical (unpaired) electrons. The predicted octanol–water partition coefficient (Wildman–Crippen LogP) is 7.25. The highest BCUT2D eigenvalue weighted by molar-refractivity contribution is 5.53. The summed E-state index contributed by atoms with van der Waals surface area (Å²) in [5, 5.41) is 11.5. The molecule has 0 spiro atoms. The first-order valence-corrected chi connectivity index (χ1v) is 12.2. The molecule has 1 nitrogen and oxygen atoms in total. The van der Waals surface area contributed by atoms with E-state index in [0.717, 1.165) is 6.42 Å². The summed E-state index contributed by atoms with van der Waals surface area (Å²) in [4.78, 5) is 0. The Morgan fingerprint density at radius 1 is 1.07 bits per heavy atom. The standard InChI is InChI=1S/C28H42O/c1-18(2)19(3)10-11-20(4)23-14-15-24-22-13-12-21-9-7-8-16-27(21,5)26(22)25(29)17-28(23,24)6/h9-13,18-20,23-25,29H,7-8,14-17H2,1-6H3/b11-10+/t19-,20+,23+,24-,25+,27-,28+/m0/s1. The Morgan fingerprint density at radius 3 is 2.55 bits per heavy atom. The summed E-state index contributed by atoms with van der Waals surface area (Å²) in [6, 6.07) is 0. The third kappa shape index (κ3) is 3.32. The minimum atomic E-state index is -0.283. The van der Waals surface area contributed by atoms with Gasteiger partial charge < -0.3 is 5.11 Å². The van der Waals surface area contributed by atoms with Crippen molar-refractivity contribution < 1.29 is 5.11 Å². The summed E-state index contributed by atoms with van der Waals surface area (Å²) >= 11 is 0. The summed E-state index contributed by atoms with van der Waals surface area (Å²) in [5.74, 6) is 3.18. The van der Waals surface area contributed by atoms with E-state index in [1.807, 2.05) is 0 Å². The summed E-state index contributed by atoms with van der Waals surface area (Å²) in [6.07, 6.45) is 19.0. The maximum absolute atomic E-state index is 11.5. The molecule has 0 aromatic carbocycles. The SMILES string of the molecule is CC(C)[C@@H](C)/C=C/[C@@H](C)[C@H]1CC[C@H]2C3=C([C@H](O)C[C@]12C)[C@@]1(C)CCCC=C1C=C3. The van der Waals surface area contributed by atoms with Crippen molar-refractivity contribution in [3.05, 3.63) is 47.1 Å². The minimum Gasteiger partial charge on any atom is -0.389 e. The second-order valence-electron chi connectivity index (χ2n) is 11.4. The van der Waals surface area contributed by atoms with Gasteiger partial charge in [0.2, 0.25) is 0 Å². The van der Waals surface area contributed by atoms with E-state index in [1.165, 1.54) is 48.8 Å². The number of allylic oxidation sites excluding steroid dienone is 7. The zero-order valence-corrected chi connectivity index (χ0v) is 19.5. The molecule has 4 aliphatic rings. The van der Waals surface area contributed by atoms with Crippen LogP contribution in [-0.2, 0) is 0 Å². The van der Waals surface area contributed by atoms with E-state index in [-0.39, 0.29) is 16.9 Å². The van der Waals surface area contributed by atoms with E-state index >= 15 is 0 Å². The van der Waals surface area contributed by atoms with Gasteiger partial charge in [-0.3, -0.25) is 0 Å². The fourth-order valence-electron chi connectivity index (χ4n) is 7.23. The Bertz CT molecular complexity index is 765. The van der Waals surface area contributed by atoms with Crippen molar-refractivity contribution in [2.45, 2.75) is 86.2 Å². The zero-order chi connectivity index (χ0) is 21.0. The van der Waals surface area contributed by atoms with Gasteiger partial charge in [0.1, 0.15) is 0 Å². The van der Waals surface area contributed by atoms with Crippen molar-refractivity contribution in [2.75, 3.05) is 0 Å². The summed E-state index contributed by atoms with van der Waals surface area (Å²) in [7, 11) is 0. The number of rotatable bonds is 4. The van der Waals surface area contributed by atoms with Crippen molar-refractivity contribution in [3.63, 3.8) is 0 Å². The van der Waals surface area contributed by atoms with Crippen LogP contribution in [0.15, 0.2) is 47.1 Å². The van der Waals surface area contributed by atoms with Gasteiger partial charge in [0.05, 0.1) is 6.10 Å². The normalized spacial score (nSPS) is 41.2. The van der Waals surface area contributed by atoms with Crippen LogP contribution in [0.25, 0.3) is 0 Å². The molecule has 1 saturated carbocycles. The van der Waals surface area contributed by atoms with Crippen LogP contribution in [0.4, 0.5) is 0 Å². The molecule has 4 aliphatic carbocycles. The molecular weight excluding hydrogens is 352 g/mol. The molecule has 1 N–H and O–H groups in total. The van der Waals surface area contributed by atoms with Gasteiger partial charge in [-0.2, -0.15) is 0 Å². The molecular formula is C28H42O. The van der Waals surface area contributed by atoms with Crippen molar-refractivity contribution in [1.29, 1.82) is 0 Å². The second kappa shape index (κ2) is 7.56. The van der Waals surface area contributed by atoms with Crippen LogP contribution in [-0.4, -0.2) is 11.2 Å². The molecule has 0 aromatic heterocycles. The lowest BCUT2D eigenvalue weighted by Crippen LogP contribution is -2.45. The molecule has 0 saturated heterocycles. The highest BCUT2D eigenvalue weighted by Gasteiger charge is 2.56. The fourth-order valence-corrected chi connectivity index (χ4v) is 7.23. The first kappa shape index (κ1) is 21.2. The van der Waals surface area contributed by atoms with Crippen molar-refractivity contribution in [1.82, 2.24) is 0 Å². The monoisotopic (exact) mass is 394 g/mol. The van der Waals surface area contributed by atoms with Gasteiger partial charge in [-0.25, -0.2) is 0 Å². The first-order valence-electron chi connectivity index (χ1n) is 12.2. The van der Waals surface area contributed by atoms with Gasteiger partial charge in [-0.05, 0) is 90.2 Å². The topological polar surface area (TPSA) is 20.2 Å². The Balaban J connectivity index is 1.65. The second-order valence-corrected chi connectivity index (χ2v) is 11.4. The third-order valence-electron chi connectivity index (χ3n) is 9.39. The molecule has 0 bridgehead atoms. The van der Waals surface area contributed by atoms with E-state index in [2.05, 4.69) is 71.9 Å². The lowest BCUT2D eigenvalue weighted by Gasteiger charge is -2.52. The molecule has 0 aromatic rings. The summed E-state index contributed by atoms with van der Waals surface area (Å²) in [5.41, 5.74) is 4.62. The van der Waals surface area contributed by atoms with Gasteiger partial charge in [0, 0.05) is 5.41 Å². The predicted molar refractivity (Wildman–Crippen MR) is 123 cm³/mol. The number of aliphatic hydroxyl groups is 1. The number of hydrogen-bond donors (Lipinski definition) is 1. The molecule has 0 aliphatic heterocycles. The fraction of sp³-hybridized carbons (Fsp3) is 0.714. The number of aliphatic hydroxyl groups excluding tert-OH is 1. The third-order valence-corrected chi connectivity index (χ3v) is 9.39. The minimum absolute atomic E-state index is 0.0688. The Hall–Kier alpha value is -1.08. The lowest BCUT2D eigenvalue weighted by molar-refractivity contribution is 0.0405. The molecule has 7 atom stereocenters. The molecule has 29 heavy (non-hydrogen) atoms. The van der Waals surface area contributed by atoms with Crippen molar-refractivity contribution >= 4 is 0 Å². The van der Waals surface area contributed by atoms with Crippen LogP contribution in [0, 0.1) is 40.4 Å². The van der Waals surface area contributed by atoms with Crippen molar-refractivity contribution in [2.24, 2.45) is 40.4 Å². The molecule has 0 amide bonds. The number of fused-ring (bicyclic) bond motifs is 4. The maximum atomic E-state index is 11.5. The highest BCUT2D eigenvalue weighted by Crippen LogP contribution is 2.64.